The van der Waals surface area contributed by atoms with Gasteiger partial charge in [-0.25, -0.2) is 14.8 Å². The number of benzene rings is 2. The molecule has 2 aliphatic rings. The minimum absolute atomic E-state index is 0.216. The SMILES string of the molecule is O=C(O)c1cccc(NC2=NC(N3CCCC3)N=C(Nc3ccccc3)N2)c1. The summed E-state index contributed by atoms with van der Waals surface area (Å²) in [6.45, 7) is 1.91. The predicted molar refractivity (Wildman–Crippen MR) is 110 cm³/mol. The third-order valence-corrected chi connectivity index (χ3v) is 4.60. The molecule has 144 valence electrons. The van der Waals surface area contributed by atoms with Gasteiger partial charge >= 0.3 is 5.97 Å². The molecule has 0 amide bonds. The minimum atomic E-state index is -0.967. The standard InChI is InChI=1S/C20H22N6O2/c27-17(28)14-7-6-10-16(13-14)22-19-23-18(21-15-8-2-1-3-9-15)24-20(25-19)26-11-4-5-12-26/h1-3,6-10,13,20H,4-5,11-12H2,(H,27,28)(H3,21,22,23,24,25). The summed E-state index contributed by atoms with van der Waals surface area (Å²) in [5, 5.41) is 18.8. The van der Waals surface area contributed by atoms with Gasteiger partial charge in [0.1, 0.15) is 0 Å². The summed E-state index contributed by atoms with van der Waals surface area (Å²) in [7, 11) is 0. The monoisotopic (exact) mass is 378 g/mol. The van der Waals surface area contributed by atoms with Crippen LogP contribution in [0.5, 0.6) is 0 Å². The van der Waals surface area contributed by atoms with Crippen LogP contribution in [0.3, 0.4) is 0 Å². The lowest BCUT2D eigenvalue weighted by Crippen LogP contribution is -2.47. The topological polar surface area (TPSA) is 101 Å². The van der Waals surface area contributed by atoms with Crippen LogP contribution in [0.25, 0.3) is 0 Å². The third-order valence-electron chi connectivity index (χ3n) is 4.60. The fourth-order valence-corrected chi connectivity index (χ4v) is 3.22. The van der Waals surface area contributed by atoms with Gasteiger partial charge in [0.25, 0.3) is 0 Å². The summed E-state index contributed by atoms with van der Waals surface area (Å²) in [4.78, 5) is 22.8. The summed E-state index contributed by atoms with van der Waals surface area (Å²) >= 11 is 0. The Morgan fingerprint density at radius 2 is 1.61 bits per heavy atom. The van der Waals surface area contributed by atoms with Gasteiger partial charge in [-0.2, -0.15) is 0 Å². The van der Waals surface area contributed by atoms with E-state index in [1.807, 2.05) is 30.3 Å². The molecule has 1 fully saturated rings. The number of likely N-dealkylation sites (tertiary alicyclic amines) is 1. The molecule has 2 aliphatic heterocycles. The normalized spacial score (nSPS) is 19.4. The number of aromatic carboxylic acids is 1. The molecule has 0 radical (unpaired) electrons. The van der Waals surface area contributed by atoms with Crippen molar-refractivity contribution in [3.8, 4) is 0 Å². The van der Waals surface area contributed by atoms with E-state index in [0.717, 1.165) is 31.6 Å². The number of aliphatic imine (C=N–C) groups is 2. The second-order valence-electron chi connectivity index (χ2n) is 6.67. The van der Waals surface area contributed by atoms with Gasteiger partial charge < -0.3 is 15.7 Å². The summed E-state index contributed by atoms with van der Waals surface area (Å²) in [6, 6.07) is 16.4. The van der Waals surface area contributed by atoms with Crippen LogP contribution < -0.4 is 16.0 Å². The Morgan fingerprint density at radius 3 is 2.29 bits per heavy atom. The van der Waals surface area contributed by atoms with Crippen molar-refractivity contribution in [3.05, 3.63) is 60.2 Å². The lowest BCUT2D eigenvalue weighted by atomic mass is 10.2. The number of rotatable bonds is 4. The molecule has 0 saturated carbocycles. The third kappa shape index (κ3) is 4.29. The van der Waals surface area contributed by atoms with Gasteiger partial charge in [0.05, 0.1) is 5.56 Å². The Balaban J connectivity index is 1.55. The lowest BCUT2D eigenvalue weighted by Gasteiger charge is -2.27. The second-order valence-corrected chi connectivity index (χ2v) is 6.67. The maximum Gasteiger partial charge on any atom is 0.335 e. The van der Waals surface area contributed by atoms with E-state index in [-0.39, 0.29) is 11.9 Å². The highest BCUT2D eigenvalue weighted by molar-refractivity contribution is 6.10. The largest absolute Gasteiger partial charge is 0.478 e. The van der Waals surface area contributed by atoms with Crippen molar-refractivity contribution in [3.63, 3.8) is 0 Å². The number of anilines is 2. The van der Waals surface area contributed by atoms with Crippen LogP contribution in [0.15, 0.2) is 64.6 Å². The molecule has 28 heavy (non-hydrogen) atoms. The second kappa shape index (κ2) is 8.10. The van der Waals surface area contributed by atoms with Gasteiger partial charge in [0, 0.05) is 24.5 Å². The first kappa shape index (κ1) is 18.0. The van der Waals surface area contributed by atoms with E-state index >= 15 is 0 Å². The summed E-state index contributed by atoms with van der Waals surface area (Å²) in [5.41, 5.74) is 1.78. The Hall–Kier alpha value is -3.39. The molecule has 8 heteroatoms. The van der Waals surface area contributed by atoms with Crippen LogP contribution in [0.4, 0.5) is 11.4 Å². The molecular weight excluding hydrogens is 356 g/mol. The summed E-state index contributed by atoms with van der Waals surface area (Å²) < 4.78 is 0. The molecule has 1 atom stereocenters. The number of para-hydroxylation sites is 1. The molecule has 0 aromatic heterocycles. The molecule has 2 heterocycles. The molecular formula is C20H22N6O2. The zero-order valence-electron chi connectivity index (χ0n) is 15.3. The van der Waals surface area contributed by atoms with Crippen molar-refractivity contribution in [2.75, 3.05) is 23.7 Å². The van der Waals surface area contributed by atoms with Crippen molar-refractivity contribution in [2.24, 2.45) is 9.98 Å². The Kier molecular flexibility index (Phi) is 5.20. The van der Waals surface area contributed by atoms with Gasteiger partial charge in [0.2, 0.25) is 18.2 Å². The highest BCUT2D eigenvalue weighted by Gasteiger charge is 2.25. The van der Waals surface area contributed by atoms with Crippen LogP contribution in [0.1, 0.15) is 23.2 Å². The van der Waals surface area contributed by atoms with Gasteiger partial charge in [-0.1, -0.05) is 24.3 Å². The van der Waals surface area contributed by atoms with Gasteiger partial charge in [-0.15, -0.1) is 0 Å². The van der Waals surface area contributed by atoms with Crippen LogP contribution in [0, 0.1) is 0 Å². The number of nitrogens with zero attached hydrogens (tertiary/aromatic N) is 3. The van der Waals surface area contributed by atoms with Crippen LogP contribution in [0.2, 0.25) is 0 Å². The quantitative estimate of drug-likeness (QED) is 0.652. The van der Waals surface area contributed by atoms with Gasteiger partial charge in [-0.05, 0) is 43.2 Å². The summed E-state index contributed by atoms with van der Waals surface area (Å²) in [5.74, 6) is 0.146. The van der Waals surface area contributed by atoms with E-state index in [1.165, 1.54) is 0 Å². The highest BCUT2D eigenvalue weighted by atomic mass is 16.4. The highest BCUT2D eigenvalue weighted by Crippen LogP contribution is 2.17. The van der Waals surface area contributed by atoms with E-state index < -0.39 is 5.97 Å². The first-order valence-electron chi connectivity index (χ1n) is 9.26. The Bertz CT molecular complexity index is 906. The zero-order chi connectivity index (χ0) is 19.3. The molecule has 8 nitrogen and oxygen atoms in total. The van der Waals surface area contributed by atoms with Crippen molar-refractivity contribution >= 4 is 29.3 Å². The Labute approximate surface area is 163 Å². The number of carbonyl (C=O) groups is 1. The average Bonchev–Trinajstić information content (AvgIpc) is 3.24. The first-order valence-corrected chi connectivity index (χ1v) is 9.26. The van der Waals surface area contributed by atoms with Crippen LogP contribution in [-0.2, 0) is 0 Å². The average molecular weight is 378 g/mol. The van der Waals surface area contributed by atoms with Crippen LogP contribution >= 0.6 is 0 Å². The maximum atomic E-state index is 11.2. The number of hydrogen-bond donors (Lipinski definition) is 4. The smallest absolute Gasteiger partial charge is 0.335 e. The fourth-order valence-electron chi connectivity index (χ4n) is 3.22. The van der Waals surface area contributed by atoms with Crippen molar-refractivity contribution in [2.45, 2.75) is 19.1 Å². The fraction of sp³-hybridized carbons (Fsp3) is 0.250. The number of hydrogen-bond acceptors (Lipinski definition) is 7. The molecule has 0 spiro atoms. The van der Waals surface area contributed by atoms with Crippen LogP contribution in [-0.4, -0.2) is 47.3 Å². The predicted octanol–water partition coefficient (Wildman–Crippen LogP) is 2.60. The van der Waals surface area contributed by atoms with E-state index in [0.29, 0.717) is 17.6 Å². The molecule has 4 N–H and O–H groups in total. The van der Waals surface area contributed by atoms with E-state index in [2.05, 4.69) is 25.8 Å². The molecule has 1 unspecified atom stereocenters. The number of guanidine groups is 2. The van der Waals surface area contributed by atoms with Crippen molar-refractivity contribution in [1.29, 1.82) is 0 Å². The number of nitrogens with one attached hydrogen (secondary N) is 3. The number of carboxylic acid groups (broad SMARTS) is 1. The summed E-state index contributed by atoms with van der Waals surface area (Å²) in [6.07, 6.45) is 1.96. The first-order chi connectivity index (χ1) is 13.7. The molecule has 4 rings (SSSR count). The molecule has 0 bridgehead atoms. The molecule has 0 aliphatic carbocycles. The van der Waals surface area contributed by atoms with Gasteiger partial charge in [0.15, 0.2) is 0 Å². The number of carboxylic acids is 1. The maximum absolute atomic E-state index is 11.2. The molecule has 1 saturated heterocycles. The van der Waals surface area contributed by atoms with Gasteiger partial charge in [-0.3, -0.25) is 10.2 Å². The zero-order valence-corrected chi connectivity index (χ0v) is 15.3. The molecule has 2 aromatic carbocycles. The van der Waals surface area contributed by atoms with Crippen molar-refractivity contribution in [1.82, 2.24) is 10.2 Å². The molecule has 2 aromatic rings. The minimum Gasteiger partial charge on any atom is -0.478 e. The van der Waals surface area contributed by atoms with E-state index in [1.54, 1.807) is 24.3 Å². The van der Waals surface area contributed by atoms with Crippen molar-refractivity contribution < 1.29 is 9.90 Å². The lowest BCUT2D eigenvalue weighted by molar-refractivity contribution is 0.0697. The van der Waals surface area contributed by atoms with E-state index in [9.17, 15) is 9.90 Å². The van der Waals surface area contributed by atoms with E-state index in [4.69, 9.17) is 4.99 Å². The Morgan fingerprint density at radius 1 is 0.964 bits per heavy atom.